The number of nitrogens with zero attached hydrogens (tertiary/aromatic N) is 2. The molecule has 116 valence electrons. The van der Waals surface area contributed by atoms with Crippen molar-refractivity contribution in [3.63, 3.8) is 0 Å². The molecule has 2 aromatic carbocycles. The Hall–Kier alpha value is -3.12. The fraction of sp³-hybridized carbons (Fsp3) is 0.0588. The zero-order valence-corrected chi connectivity index (χ0v) is 12.5. The molecule has 6 heteroatoms. The van der Waals surface area contributed by atoms with Crippen LogP contribution >= 0.6 is 0 Å². The first-order chi connectivity index (χ1) is 11.3. The van der Waals surface area contributed by atoms with Crippen molar-refractivity contribution in [1.29, 1.82) is 0 Å². The van der Waals surface area contributed by atoms with Crippen LogP contribution in [0.3, 0.4) is 0 Å². The van der Waals surface area contributed by atoms with Crippen LogP contribution in [0.2, 0.25) is 0 Å². The SMILES string of the molecule is NNc1ncnc(NC(c2ccccc2)c2ccccc2)c1N. The molecule has 0 aliphatic heterocycles. The van der Waals surface area contributed by atoms with Gasteiger partial charge in [-0.25, -0.2) is 15.8 Å². The van der Waals surface area contributed by atoms with Crippen molar-refractivity contribution in [2.24, 2.45) is 5.84 Å². The molecular weight excluding hydrogens is 288 g/mol. The fourth-order valence-electron chi connectivity index (χ4n) is 2.41. The van der Waals surface area contributed by atoms with E-state index in [2.05, 4.69) is 45.0 Å². The Morgan fingerprint density at radius 3 is 1.83 bits per heavy atom. The average molecular weight is 306 g/mol. The highest BCUT2D eigenvalue weighted by molar-refractivity contribution is 5.74. The molecule has 23 heavy (non-hydrogen) atoms. The first kappa shape index (κ1) is 14.8. The van der Waals surface area contributed by atoms with Gasteiger partial charge in [0, 0.05) is 0 Å². The Labute approximate surface area is 134 Å². The lowest BCUT2D eigenvalue weighted by Gasteiger charge is -2.21. The summed E-state index contributed by atoms with van der Waals surface area (Å²) in [4.78, 5) is 8.23. The molecule has 0 spiro atoms. The van der Waals surface area contributed by atoms with Crippen LogP contribution in [-0.2, 0) is 0 Å². The van der Waals surface area contributed by atoms with Crippen molar-refractivity contribution in [2.45, 2.75) is 6.04 Å². The molecule has 0 aliphatic rings. The van der Waals surface area contributed by atoms with E-state index in [4.69, 9.17) is 11.6 Å². The third-order valence-electron chi connectivity index (χ3n) is 3.57. The van der Waals surface area contributed by atoms with Gasteiger partial charge in [-0.15, -0.1) is 0 Å². The minimum Gasteiger partial charge on any atom is -0.393 e. The highest BCUT2D eigenvalue weighted by Gasteiger charge is 2.16. The van der Waals surface area contributed by atoms with E-state index in [9.17, 15) is 0 Å². The lowest BCUT2D eigenvalue weighted by atomic mass is 9.99. The number of hydrogen-bond acceptors (Lipinski definition) is 6. The lowest BCUT2D eigenvalue weighted by molar-refractivity contribution is 0.923. The van der Waals surface area contributed by atoms with Crippen LogP contribution in [0.15, 0.2) is 67.0 Å². The van der Waals surface area contributed by atoms with Crippen LogP contribution < -0.4 is 22.3 Å². The minimum atomic E-state index is -0.0831. The Kier molecular flexibility index (Phi) is 4.35. The third-order valence-corrected chi connectivity index (χ3v) is 3.57. The summed E-state index contributed by atoms with van der Waals surface area (Å²) in [5, 5.41) is 3.38. The number of anilines is 3. The summed E-state index contributed by atoms with van der Waals surface area (Å²) in [5.41, 5.74) is 11.1. The van der Waals surface area contributed by atoms with Gasteiger partial charge in [-0.05, 0) is 11.1 Å². The number of rotatable bonds is 5. The van der Waals surface area contributed by atoms with Crippen molar-refractivity contribution < 1.29 is 0 Å². The lowest BCUT2D eigenvalue weighted by Crippen LogP contribution is -2.17. The molecule has 3 aromatic rings. The van der Waals surface area contributed by atoms with E-state index in [1.165, 1.54) is 6.33 Å². The number of hydrazine groups is 1. The van der Waals surface area contributed by atoms with Crippen LogP contribution in [-0.4, -0.2) is 9.97 Å². The quantitative estimate of drug-likeness (QED) is 0.427. The average Bonchev–Trinajstić information content (AvgIpc) is 2.62. The molecule has 0 radical (unpaired) electrons. The molecule has 3 rings (SSSR count). The summed E-state index contributed by atoms with van der Waals surface area (Å²) >= 11 is 0. The van der Waals surface area contributed by atoms with E-state index in [-0.39, 0.29) is 6.04 Å². The minimum absolute atomic E-state index is 0.0831. The van der Waals surface area contributed by atoms with Crippen molar-refractivity contribution >= 4 is 17.3 Å². The molecule has 6 nitrogen and oxygen atoms in total. The molecule has 1 heterocycles. The van der Waals surface area contributed by atoms with Crippen LogP contribution in [0, 0.1) is 0 Å². The van der Waals surface area contributed by atoms with Gasteiger partial charge in [0.2, 0.25) is 0 Å². The maximum Gasteiger partial charge on any atom is 0.168 e. The summed E-state index contributed by atoms with van der Waals surface area (Å²) in [6, 6.07) is 20.1. The Bertz CT molecular complexity index is 721. The van der Waals surface area contributed by atoms with Crippen LogP contribution in [0.5, 0.6) is 0 Å². The molecule has 0 atom stereocenters. The van der Waals surface area contributed by atoms with Crippen LogP contribution in [0.1, 0.15) is 17.2 Å². The van der Waals surface area contributed by atoms with E-state index >= 15 is 0 Å². The summed E-state index contributed by atoms with van der Waals surface area (Å²) in [6.07, 6.45) is 1.42. The standard InChI is InChI=1S/C17H18N6/c18-14-16(20-11-21-17(14)23-19)22-15(12-7-3-1-4-8-12)13-9-5-2-6-10-13/h1-11,15H,18-19H2,(H2,20,21,22,23). The summed E-state index contributed by atoms with van der Waals surface area (Å²) in [5.74, 6) is 6.35. The normalized spacial score (nSPS) is 10.5. The Morgan fingerprint density at radius 1 is 0.783 bits per heavy atom. The molecule has 0 fully saturated rings. The monoisotopic (exact) mass is 306 g/mol. The van der Waals surface area contributed by atoms with Crippen molar-refractivity contribution in [2.75, 3.05) is 16.5 Å². The second kappa shape index (κ2) is 6.76. The maximum atomic E-state index is 6.07. The Balaban J connectivity index is 2.00. The molecule has 6 N–H and O–H groups in total. The fourth-order valence-corrected chi connectivity index (χ4v) is 2.41. The van der Waals surface area contributed by atoms with Gasteiger partial charge in [-0.2, -0.15) is 0 Å². The summed E-state index contributed by atoms with van der Waals surface area (Å²) < 4.78 is 0. The zero-order valence-electron chi connectivity index (χ0n) is 12.5. The molecule has 0 saturated carbocycles. The number of nitrogens with one attached hydrogen (secondary N) is 2. The molecule has 0 amide bonds. The van der Waals surface area contributed by atoms with Gasteiger partial charge in [0.15, 0.2) is 11.6 Å². The topological polar surface area (TPSA) is 102 Å². The molecule has 0 saturated heterocycles. The van der Waals surface area contributed by atoms with Gasteiger partial charge in [0.25, 0.3) is 0 Å². The largest absolute Gasteiger partial charge is 0.393 e. The highest BCUT2D eigenvalue weighted by Crippen LogP contribution is 2.30. The number of nitrogens with two attached hydrogens (primary N) is 2. The van der Waals surface area contributed by atoms with Gasteiger partial charge in [0.05, 0.1) is 6.04 Å². The Morgan fingerprint density at radius 2 is 1.30 bits per heavy atom. The van der Waals surface area contributed by atoms with E-state index in [0.717, 1.165) is 11.1 Å². The van der Waals surface area contributed by atoms with E-state index in [1.54, 1.807) is 0 Å². The van der Waals surface area contributed by atoms with Crippen LogP contribution in [0.4, 0.5) is 17.3 Å². The second-order valence-corrected chi connectivity index (χ2v) is 5.03. The van der Waals surface area contributed by atoms with Crippen molar-refractivity contribution in [3.8, 4) is 0 Å². The van der Waals surface area contributed by atoms with Gasteiger partial charge in [-0.3, -0.25) is 0 Å². The first-order valence-corrected chi connectivity index (χ1v) is 7.23. The number of aromatic nitrogens is 2. The summed E-state index contributed by atoms with van der Waals surface area (Å²) in [6.45, 7) is 0. The number of benzene rings is 2. The molecule has 0 aliphatic carbocycles. The predicted molar refractivity (Wildman–Crippen MR) is 92.6 cm³/mol. The molecule has 0 unspecified atom stereocenters. The maximum absolute atomic E-state index is 6.07. The van der Waals surface area contributed by atoms with Crippen molar-refractivity contribution in [1.82, 2.24) is 9.97 Å². The summed E-state index contributed by atoms with van der Waals surface area (Å²) in [7, 11) is 0. The first-order valence-electron chi connectivity index (χ1n) is 7.23. The van der Waals surface area contributed by atoms with E-state index in [0.29, 0.717) is 17.3 Å². The van der Waals surface area contributed by atoms with Gasteiger partial charge >= 0.3 is 0 Å². The number of hydrogen-bond donors (Lipinski definition) is 4. The van der Waals surface area contributed by atoms with Gasteiger partial charge < -0.3 is 16.5 Å². The molecule has 0 bridgehead atoms. The third kappa shape index (κ3) is 3.22. The van der Waals surface area contributed by atoms with Crippen LogP contribution in [0.25, 0.3) is 0 Å². The van der Waals surface area contributed by atoms with Gasteiger partial charge in [0.1, 0.15) is 12.0 Å². The van der Waals surface area contributed by atoms with Crippen molar-refractivity contribution in [3.05, 3.63) is 78.1 Å². The zero-order chi connectivity index (χ0) is 16.1. The second-order valence-electron chi connectivity index (χ2n) is 5.03. The van der Waals surface area contributed by atoms with E-state index in [1.807, 2.05) is 36.4 Å². The smallest absolute Gasteiger partial charge is 0.168 e. The highest BCUT2D eigenvalue weighted by atomic mass is 15.3. The van der Waals surface area contributed by atoms with E-state index < -0.39 is 0 Å². The van der Waals surface area contributed by atoms with Gasteiger partial charge in [-0.1, -0.05) is 60.7 Å². The predicted octanol–water partition coefficient (Wildman–Crippen LogP) is 2.55. The number of nitrogen functional groups attached to an aromatic ring is 2. The molecule has 1 aromatic heterocycles. The molecular formula is C17H18N6.